The number of aromatic nitrogens is 4. The fourth-order valence-corrected chi connectivity index (χ4v) is 2.84. The van der Waals surface area contributed by atoms with Crippen LogP contribution >= 0.6 is 11.6 Å². The van der Waals surface area contributed by atoms with Gasteiger partial charge in [0.05, 0.1) is 11.2 Å². The van der Waals surface area contributed by atoms with Gasteiger partial charge in [-0.2, -0.15) is 10.1 Å². The van der Waals surface area contributed by atoms with Crippen molar-refractivity contribution in [3.8, 4) is 0 Å². The summed E-state index contributed by atoms with van der Waals surface area (Å²) < 4.78 is 17.7. The molecule has 2 heterocycles. The Kier molecular flexibility index (Phi) is 4.64. The van der Waals surface area contributed by atoms with Crippen LogP contribution in [0.3, 0.4) is 0 Å². The number of aryl methyl sites for hydroxylation is 2. The minimum Gasteiger partial charge on any atom is -0.303 e. The Morgan fingerprint density at radius 1 is 1.31 bits per heavy atom. The van der Waals surface area contributed by atoms with E-state index < -0.39 is 17.1 Å². The third-order valence-corrected chi connectivity index (χ3v) is 4.35. The number of hydrogen-bond donors (Lipinski definition) is 1. The van der Waals surface area contributed by atoms with Gasteiger partial charge >= 0.3 is 5.69 Å². The van der Waals surface area contributed by atoms with Gasteiger partial charge in [0, 0.05) is 26.2 Å². The van der Waals surface area contributed by atoms with Gasteiger partial charge in [-0.3, -0.25) is 13.9 Å². The predicted octanol–water partition coefficient (Wildman–Crippen LogP) is 1.69. The van der Waals surface area contributed by atoms with E-state index in [-0.39, 0.29) is 27.7 Å². The Balaban J connectivity index is 2.08. The second-order valence-electron chi connectivity index (χ2n) is 5.56. The molecule has 2 aromatic heterocycles. The molecule has 10 heteroatoms. The Morgan fingerprint density at radius 2 is 2.04 bits per heavy atom. The highest BCUT2D eigenvalue weighted by Crippen LogP contribution is 2.18. The van der Waals surface area contributed by atoms with Crippen LogP contribution < -0.4 is 16.7 Å². The maximum absolute atomic E-state index is 13.8. The van der Waals surface area contributed by atoms with E-state index in [4.69, 9.17) is 11.6 Å². The van der Waals surface area contributed by atoms with E-state index in [9.17, 15) is 14.0 Å². The minimum atomic E-state index is -0.511. The molecule has 0 saturated heterocycles. The van der Waals surface area contributed by atoms with Crippen LogP contribution in [0, 0.1) is 5.82 Å². The number of halogens is 2. The van der Waals surface area contributed by atoms with Crippen LogP contribution in [0.1, 0.15) is 12.5 Å². The van der Waals surface area contributed by atoms with E-state index in [0.29, 0.717) is 6.54 Å². The summed E-state index contributed by atoms with van der Waals surface area (Å²) in [5.41, 5.74) is 2.40. The molecule has 0 unspecified atom stereocenters. The zero-order valence-corrected chi connectivity index (χ0v) is 15.1. The number of fused-ring (bicyclic) bond motifs is 1. The van der Waals surface area contributed by atoms with E-state index in [1.165, 1.54) is 37.0 Å². The lowest BCUT2D eigenvalue weighted by Gasteiger charge is -2.06. The van der Waals surface area contributed by atoms with Crippen molar-refractivity contribution in [2.45, 2.75) is 13.5 Å². The Bertz CT molecular complexity index is 1120. The van der Waals surface area contributed by atoms with E-state index in [2.05, 4.69) is 15.5 Å². The number of nitrogens with zero attached hydrogens (tertiary/aromatic N) is 5. The van der Waals surface area contributed by atoms with Crippen molar-refractivity contribution in [2.75, 3.05) is 5.43 Å². The molecule has 8 nitrogen and oxygen atoms in total. The Morgan fingerprint density at radius 3 is 2.69 bits per heavy atom. The Labute approximate surface area is 152 Å². The minimum absolute atomic E-state index is 0.129. The Hall–Kier alpha value is -2.94. The molecule has 26 heavy (non-hydrogen) atoms. The quantitative estimate of drug-likeness (QED) is 0.553. The molecule has 0 aliphatic rings. The first-order chi connectivity index (χ1) is 12.4. The summed E-state index contributed by atoms with van der Waals surface area (Å²) in [5.74, 6) is -0.257. The molecule has 0 bridgehead atoms. The molecule has 0 aliphatic carbocycles. The van der Waals surface area contributed by atoms with Crippen molar-refractivity contribution in [3.63, 3.8) is 0 Å². The normalized spacial score (nSPS) is 11.6. The zero-order chi connectivity index (χ0) is 19.0. The van der Waals surface area contributed by atoms with Crippen LogP contribution in [0.4, 0.5) is 10.3 Å². The van der Waals surface area contributed by atoms with Crippen molar-refractivity contribution < 1.29 is 4.39 Å². The first-order valence-corrected chi connectivity index (χ1v) is 8.14. The molecule has 0 aliphatic heterocycles. The van der Waals surface area contributed by atoms with E-state index in [1.807, 2.05) is 6.92 Å². The van der Waals surface area contributed by atoms with Crippen LogP contribution in [0.15, 0.2) is 32.9 Å². The number of rotatable bonds is 4. The topological polar surface area (TPSA) is 86.2 Å². The van der Waals surface area contributed by atoms with Crippen LogP contribution in [-0.2, 0) is 20.6 Å². The molecule has 3 aromatic rings. The van der Waals surface area contributed by atoms with Gasteiger partial charge < -0.3 is 4.57 Å². The van der Waals surface area contributed by atoms with Gasteiger partial charge in [0.25, 0.3) is 5.56 Å². The van der Waals surface area contributed by atoms with Gasteiger partial charge in [0.15, 0.2) is 11.2 Å². The van der Waals surface area contributed by atoms with E-state index in [0.717, 1.165) is 4.57 Å². The first-order valence-electron chi connectivity index (χ1n) is 7.76. The fourth-order valence-electron chi connectivity index (χ4n) is 2.63. The van der Waals surface area contributed by atoms with Crippen LogP contribution in [-0.4, -0.2) is 24.9 Å². The van der Waals surface area contributed by atoms with Crippen molar-refractivity contribution in [3.05, 3.63) is 55.4 Å². The number of benzene rings is 1. The van der Waals surface area contributed by atoms with Crippen LogP contribution in [0.5, 0.6) is 0 Å². The summed E-state index contributed by atoms with van der Waals surface area (Å²) in [6.07, 6.45) is 1.23. The number of hydrazone groups is 1. The van der Waals surface area contributed by atoms with Gasteiger partial charge in [0.2, 0.25) is 5.95 Å². The summed E-state index contributed by atoms with van der Waals surface area (Å²) in [7, 11) is 2.94. The number of nitrogens with one attached hydrogen (secondary N) is 1. The number of hydrogen-bond acceptors (Lipinski definition) is 5. The van der Waals surface area contributed by atoms with Gasteiger partial charge in [0.1, 0.15) is 5.82 Å². The van der Waals surface area contributed by atoms with Gasteiger partial charge in [-0.05, 0) is 19.1 Å². The molecule has 0 amide bonds. The van der Waals surface area contributed by atoms with Crippen molar-refractivity contribution in [1.29, 1.82) is 0 Å². The third kappa shape index (κ3) is 2.80. The molecule has 3 rings (SSSR count). The molecule has 0 radical (unpaired) electrons. The smallest absolute Gasteiger partial charge is 0.303 e. The highest BCUT2D eigenvalue weighted by atomic mass is 35.5. The second kappa shape index (κ2) is 6.75. The predicted molar refractivity (Wildman–Crippen MR) is 98.5 cm³/mol. The lowest BCUT2D eigenvalue weighted by molar-refractivity contribution is 0.626. The summed E-state index contributed by atoms with van der Waals surface area (Å²) in [5, 5.41) is 4.18. The molecule has 0 saturated carbocycles. The van der Waals surface area contributed by atoms with Crippen LogP contribution in [0.2, 0.25) is 5.02 Å². The molecular formula is C16H16ClFN6O2. The van der Waals surface area contributed by atoms with Crippen molar-refractivity contribution in [1.82, 2.24) is 18.7 Å². The van der Waals surface area contributed by atoms with Gasteiger partial charge in [-0.25, -0.2) is 14.6 Å². The lowest BCUT2D eigenvalue weighted by atomic mass is 10.2. The molecule has 1 aromatic carbocycles. The van der Waals surface area contributed by atoms with Gasteiger partial charge in [-0.15, -0.1) is 0 Å². The van der Waals surface area contributed by atoms with Gasteiger partial charge in [-0.1, -0.05) is 17.7 Å². The second-order valence-corrected chi connectivity index (χ2v) is 5.97. The lowest BCUT2D eigenvalue weighted by Crippen LogP contribution is -2.37. The van der Waals surface area contributed by atoms with Crippen LogP contribution in [0.25, 0.3) is 11.2 Å². The number of anilines is 1. The number of imidazole rings is 1. The summed E-state index contributed by atoms with van der Waals surface area (Å²) in [4.78, 5) is 28.8. The SMILES string of the molecule is CCn1c(NN=Cc2c(F)cccc2Cl)nc2c1c(=O)n(C)c(=O)n2C. The third-order valence-electron chi connectivity index (χ3n) is 4.02. The fraction of sp³-hybridized carbons (Fsp3) is 0.250. The zero-order valence-electron chi connectivity index (χ0n) is 14.3. The molecule has 136 valence electrons. The summed E-state index contributed by atoms with van der Waals surface area (Å²) in [6.45, 7) is 2.25. The van der Waals surface area contributed by atoms with E-state index >= 15 is 0 Å². The summed E-state index contributed by atoms with van der Waals surface area (Å²) in [6, 6.07) is 4.32. The molecule has 0 spiro atoms. The molecular weight excluding hydrogens is 363 g/mol. The maximum atomic E-state index is 13.8. The standard InChI is InChI=1S/C16H16ClFN6O2/c1-4-24-12-13(22(2)16(26)23(3)14(12)25)20-15(24)21-19-8-9-10(17)6-5-7-11(9)18/h5-8H,4H2,1-3H3,(H,20,21). The monoisotopic (exact) mass is 378 g/mol. The summed E-state index contributed by atoms with van der Waals surface area (Å²) >= 11 is 5.95. The van der Waals surface area contributed by atoms with E-state index in [1.54, 1.807) is 10.6 Å². The highest BCUT2D eigenvalue weighted by molar-refractivity contribution is 6.33. The molecule has 1 N–H and O–H groups in total. The largest absolute Gasteiger partial charge is 0.332 e. The molecule has 0 fully saturated rings. The van der Waals surface area contributed by atoms with Crippen molar-refractivity contribution in [2.24, 2.45) is 19.2 Å². The molecule has 0 atom stereocenters. The average Bonchev–Trinajstić information content (AvgIpc) is 2.99. The highest BCUT2D eigenvalue weighted by Gasteiger charge is 2.17. The van der Waals surface area contributed by atoms with Crippen molar-refractivity contribution >= 4 is 34.9 Å². The average molecular weight is 379 g/mol. The maximum Gasteiger partial charge on any atom is 0.332 e. The first kappa shape index (κ1) is 17.9.